The molecule has 0 unspecified atom stereocenters. The van der Waals surface area contributed by atoms with Gasteiger partial charge in [0.05, 0.1) is 5.56 Å². The van der Waals surface area contributed by atoms with Crippen molar-refractivity contribution in [3.8, 4) is 12.1 Å². The maximum atomic E-state index is 13.0. The summed E-state index contributed by atoms with van der Waals surface area (Å²) in [7, 11) is 0. The molecule has 154 valence electrons. The van der Waals surface area contributed by atoms with Crippen LogP contribution < -0.4 is 5.32 Å². The van der Waals surface area contributed by atoms with Crippen molar-refractivity contribution < 1.29 is 4.79 Å². The highest BCUT2D eigenvalue weighted by Crippen LogP contribution is 2.38. The van der Waals surface area contributed by atoms with Crippen molar-refractivity contribution in [2.24, 2.45) is 0 Å². The number of aromatic nitrogens is 1. The van der Waals surface area contributed by atoms with E-state index in [2.05, 4.69) is 22.5 Å². The van der Waals surface area contributed by atoms with Crippen LogP contribution in [0.15, 0.2) is 42.5 Å². The number of benzene rings is 1. The van der Waals surface area contributed by atoms with E-state index in [9.17, 15) is 15.3 Å². The third-order valence-electron chi connectivity index (χ3n) is 5.76. The molecule has 0 fully saturated rings. The van der Waals surface area contributed by atoms with Crippen molar-refractivity contribution in [2.75, 3.05) is 5.32 Å². The van der Waals surface area contributed by atoms with E-state index in [1.807, 2.05) is 43.3 Å². The molecule has 0 radical (unpaired) electrons. The lowest BCUT2D eigenvalue weighted by molar-refractivity contribution is -0.112. The SMILES string of the molecule is C=CCn1c(C)c(/C=C(\C#N)C(=O)Nc2sc3c(c2C#N)CCCC3)c2ccccc21. The van der Waals surface area contributed by atoms with Gasteiger partial charge in [0.2, 0.25) is 0 Å². The molecule has 1 aromatic carbocycles. The number of rotatable bonds is 5. The molecule has 31 heavy (non-hydrogen) atoms. The predicted octanol–water partition coefficient (Wildman–Crippen LogP) is 5.49. The van der Waals surface area contributed by atoms with Gasteiger partial charge < -0.3 is 9.88 Å². The van der Waals surface area contributed by atoms with Crippen LogP contribution in [0.5, 0.6) is 0 Å². The molecule has 3 aromatic rings. The second-order valence-electron chi connectivity index (χ2n) is 7.57. The summed E-state index contributed by atoms with van der Waals surface area (Å²) in [5, 5.41) is 23.7. The van der Waals surface area contributed by atoms with Crippen molar-refractivity contribution in [3.63, 3.8) is 0 Å². The lowest BCUT2D eigenvalue weighted by atomic mass is 9.96. The average Bonchev–Trinajstić information content (AvgIpc) is 3.26. The number of allylic oxidation sites excluding steroid dienone is 1. The van der Waals surface area contributed by atoms with E-state index >= 15 is 0 Å². The highest BCUT2D eigenvalue weighted by Gasteiger charge is 2.23. The zero-order chi connectivity index (χ0) is 22.0. The number of aryl methyl sites for hydroxylation is 1. The van der Waals surface area contributed by atoms with Gasteiger partial charge in [-0.05, 0) is 50.3 Å². The van der Waals surface area contributed by atoms with E-state index in [0.717, 1.165) is 53.4 Å². The molecule has 1 N–H and O–H groups in total. The first-order chi connectivity index (χ1) is 15.1. The Balaban J connectivity index is 1.72. The van der Waals surface area contributed by atoms with Crippen molar-refractivity contribution in [3.05, 3.63) is 69.8 Å². The molecule has 2 heterocycles. The number of nitrogens with one attached hydrogen (secondary N) is 1. The molecule has 5 nitrogen and oxygen atoms in total. The van der Waals surface area contributed by atoms with Crippen LogP contribution in [-0.4, -0.2) is 10.5 Å². The lowest BCUT2D eigenvalue weighted by Gasteiger charge is -2.09. The quantitative estimate of drug-likeness (QED) is 0.332. The van der Waals surface area contributed by atoms with Crippen molar-refractivity contribution in [1.82, 2.24) is 4.57 Å². The van der Waals surface area contributed by atoms with Gasteiger partial charge in [-0.15, -0.1) is 17.9 Å². The third-order valence-corrected chi connectivity index (χ3v) is 6.96. The van der Waals surface area contributed by atoms with Crippen LogP contribution in [0.1, 0.15) is 40.1 Å². The molecule has 0 saturated heterocycles. The van der Waals surface area contributed by atoms with Gasteiger partial charge in [-0.2, -0.15) is 10.5 Å². The number of thiophene rings is 1. The largest absolute Gasteiger partial charge is 0.340 e. The van der Waals surface area contributed by atoms with Gasteiger partial charge in [0.25, 0.3) is 5.91 Å². The van der Waals surface area contributed by atoms with Crippen LogP contribution in [0.2, 0.25) is 0 Å². The van der Waals surface area contributed by atoms with Gasteiger partial charge in [-0.1, -0.05) is 24.3 Å². The molecule has 0 spiro atoms. The Hall–Kier alpha value is -3.61. The number of hydrogen-bond donors (Lipinski definition) is 1. The number of nitrogens with zero attached hydrogens (tertiary/aromatic N) is 3. The summed E-state index contributed by atoms with van der Waals surface area (Å²) >= 11 is 1.46. The molecule has 0 aliphatic heterocycles. The Morgan fingerprint density at radius 3 is 2.81 bits per heavy atom. The van der Waals surface area contributed by atoms with Crippen LogP contribution in [0, 0.1) is 29.6 Å². The van der Waals surface area contributed by atoms with Crippen LogP contribution in [0.4, 0.5) is 5.00 Å². The number of carbonyl (C=O) groups is 1. The highest BCUT2D eigenvalue weighted by atomic mass is 32.1. The maximum Gasteiger partial charge on any atom is 0.266 e. The fraction of sp³-hybridized carbons (Fsp3) is 0.240. The van der Waals surface area contributed by atoms with Crippen molar-refractivity contribution in [1.29, 1.82) is 10.5 Å². The molecule has 4 rings (SSSR count). The Morgan fingerprint density at radius 1 is 1.29 bits per heavy atom. The first-order valence-electron chi connectivity index (χ1n) is 10.3. The summed E-state index contributed by atoms with van der Waals surface area (Å²) in [6, 6.07) is 12.2. The Labute approximate surface area is 185 Å². The minimum atomic E-state index is -0.488. The summed E-state index contributed by atoms with van der Waals surface area (Å²) in [6.45, 7) is 6.45. The summed E-state index contributed by atoms with van der Waals surface area (Å²) < 4.78 is 2.11. The van der Waals surface area contributed by atoms with Gasteiger partial charge in [0.1, 0.15) is 22.7 Å². The van der Waals surface area contributed by atoms with Gasteiger partial charge in [0.15, 0.2) is 0 Å². The minimum absolute atomic E-state index is 0.0138. The molecule has 1 aliphatic rings. The number of fused-ring (bicyclic) bond motifs is 2. The zero-order valence-corrected chi connectivity index (χ0v) is 18.2. The molecular formula is C25H22N4OS. The molecule has 1 amide bonds. The Bertz CT molecular complexity index is 1310. The fourth-order valence-electron chi connectivity index (χ4n) is 4.24. The number of hydrogen-bond acceptors (Lipinski definition) is 4. The highest BCUT2D eigenvalue weighted by molar-refractivity contribution is 7.16. The Kier molecular flexibility index (Phi) is 5.75. The summed E-state index contributed by atoms with van der Waals surface area (Å²) in [5.41, 5.74) is 4.45. The second-order valence-corrected chi connectivity index (χ2v) is 8.67. The van der Waals surface area contributed by atoms with Crippen LogP contribution in [-0.2, 0) is 24.2 Å². The fourth-order valence-corrected chi connectivity index (χ4v) is 5.47. The first kappa shape index (κ1) is 20.7. The summed E-state index contributed by atoms with van der Waals surface area (Å²) in [6.07, 6.45) is 7.44. The molecule has 0 bridgehead atoms. The number of para-hydroxylation sites is 1. The van der Waals surface area contributed by atoms with Crippen molar-refractivity contribution in [2.45, 2.75) is 39.2 Å². The Morgan fingerprint density at radius 2 is 2.06 bits per heavy atom. The van der Waals surface area contributed by atoms with Gasteiger partial charge in [-0.25, -0.2) is 0 Å². The number of carbonyl (C=O) groups excluding carboxylic acids is 1. The summed E-state index contributed by atoms with van der Waals surface area (Å²) in [5.74, 6) is -0.488. The van der Waals surface area contributed by atoms with Crippen molar-refractivity contribution >= 4 is 39.2 Å². The van der Waals surface area contributed by atoms with E-state index in [4.69, 9.17) is 0 Å². The van der Waals surface area contributed by atoms with Gasteiger partial charge in [-0.3, -0.25) is 4.79 Å². The van der Waals surface area contributed by atoms with Crippen LogP contribution >= 0.6 is 11.3 Å². The average molecular weight is 427 g/mol. The second kappa shape index (κ2) is 8.63. The van der Waals surface area contributed by atoms with Gasteiger partial charge >= 0.3 is 0 Å². The normalized spacial score (nSPS) is 13.3. The minimum Gasteiger partial charge on any atom is -0.340 e. The molecule has 1 aliphatic carbocycles. The molecular weight excluding hydrogens is 404 g/mol. The molecule has 0 atom stereocenters. The van der Waals surface area contributed by atoms with E-state index in [1.165, 1.54) is 16.2 Å². The van der Waals surface area contributed by atoms with E-state index in [-0.39, 0.29) is 5.57 Å². The van der Waals surface area contributed by atoms with Crippen LogP contribution in [0.25, 0.3) is 17.0 Å². The third kappa shape index (κ3) is 3.67. The number of amides is 1. The smallest absolute Gasteiger partial charge is 0.266 e. The van der Waals surface area contributed by atoms with E-state index in [1.54, 1.807) is 6.08 Å². The van der Waals surface area contributed by atoms with E-state index in [0.29, 0.717) is 17.1 Å². The lowest BCUT2D eigenvalue weighted by Crippen LogP contribution is -2.13. The maximum absolute atomic E-state index is 13.0. The molecule has 0 saturated carbocycles. The summed E-state index contributed by atoms with van der Waals surface area (Å²) in [4.78, 5) is 14.2. The van der Waals surface area contributed by atoms with Gasteiger partial charge in [0, 0.05) is 33.6 Å². The number of nitriles is 2. The monoisotopic (exact) mass is 426 g/mol. The predicted molar refractivity (Wildman–Crippen MR) is 125 cm³/mol. The first-order valence-corrected chi connectivity index (χ1v) is 11.1. The van der Waals surface area contributed by atoms with E-state index < -0.39 is 5.91 Å². The number of anilines is 1. The topological polar surface area (TPSA) is 81.6 Å². The van der Waals surface area contributed by atoms with Crippen LogP contribution in [0.3, 0.4) is 0 Å². The molecule has 6 heteroatoms. The zero-order valence-electron chi connectivity index (χ0n) is 17.4. The standard InChI is InChI=1S/C25H22N4OS/c1-3-12-29-16(2)20(18-8-4-6-10-22(18)29)13-17(14-26)24(30)28-25-21(15-27)19-9-5-7-11-23(19)31-25/h3-4,6,8,10,13H,1,5,7,9,11-12H2,2H3,(H,28,30)/b17-13+. The molecule has 2 aromatic heterocycles.